The van der Waals surface area contributed by atoms with E-state index in [0.29, 0.717) is 19.9 Å². The van der Waals surface area contributed by atoms with Crippen LogP contribution in [-0.4, -0.2) is 19.9 Å². The van der Waals surface area contributed by atoms with Crippen molar-refractivity contribution >= 4 is 12.2 Å². The van der Waals surface area contributed by atoms with Crippen molar-refractivity contribution in [1.29, 1.82) is 0 Å². The topological polar surface area (TPSA) is 18.5 Å². The largest absolute Gasteiger partial charge is 0.490 e. The number of rotatable bonds is 6. The van der Waals surface area contributed by atoms with Crippen LogP contribution in [0, 0.1) is 0 Å². The fraction of sp³-hybridized carbons (Fsp3) is 0.294. The predicted octanol–water partition coefficient (Wildman–Crippen LogP) is 3.74. The molecule has 20 heavy (non-hydrogen) atoms. The predicted molar refractivity (Wildman–Crippen MR) is 87.7 cm³/mol. The Morgan fingerprint density at radius 2 is 1.25 bits per heavy atom. The molecule has 0 atom stereocenters. The van der Waals surface area contributed by atoms with Gasteiger partial charge in [0.2, 0.25) is 0 Å². The molecule has 0 fully saturated rings. The summed E-state index contributed by atoms with van der Waals surface area (Å²) in [6, 6.07) is 18.0. The SMILES string of the molecule is C.CB(C)c1ccc(OCCOc2ccccc2)cc1. The maximum Gasteiger partial charge on any atom is 0.169 e. The van der Waals surface area contributed by atoms with Gasteiger partial charge < -0.3 is 9.47 Å². The average molecular weight is 270 g/mol. The van der Waals surface area contributed by atoms with E-state index >= 15 is 0 Å². The molecule has 2 rings (SSSR count). The van der Waals surface area contributed by atoms with Gasteiger partial charge in [0.1, 0.15) is 24.7 Å². The zero-order chi connectivity index (χ0) is 13.5. The molecule has 0 N–H and O–H groups in total. The summed E-state index contributed by atoms with van der Waals surface area (Å²) in [4.78, 5) is 0. The summed E-state index contributed by atoms with van der Waals surface area (Å²) < 4.78 is 11.2. The van der Waals surface area contributed by atoms with Crippen molar-refractivity contribution in [3.05, 3.63) is 54.6 Å². The monoisotopic (exact) mass is 270 g/mol. The second kappa shape index (κ2) is 8.31. The molecule has 106 valence electrons. The molecule has 2 aromatic carbocycles. The van der Waals surface area contributed by atoms with Gasteiger partial charge in [0.05, 0.1) is 0 Å². The highest BCUT2D eigenvalue weighted by atomic mass is 16.5. The Hall–Kier alpha value is -1.90. The molecule has 0 aliphatic heterocycles. The van der Waals surface area contributed by atoms with Gasteiger partial charge in [-0.2, -0.15) is 0 Å². The summed E-state index contributed by atoms with van der Waals surface area (Å²) in [7, 11) is 0. The van der Waals surface area contributed by atoms with Crippen molar-refractivity contribution in [2.75, 3.05) is 13.2 Å². The smallest absolute Gasteiger partial charge is 0.169 e. The summed E-state index contributed by atoms with van der Waals surface area (Å²) in [6.45, 7) is 6.02. The van der Waals surface area contributed by atoms with E-state index in [-0.39, 0.29) is 7.43 Å². The van der Waals surface area contributed by atoms with Crippen LogP contribution >= 0.6 is 0 Å². The number of hydrogen-bond acceptors (Lipinski definition) is 2. The second-order valence-corrected chi connectivity index (χ2v) is 4.73. The van der Waals surface area contributed by atoms with Crippen LogP contribution in [0.3, 0.4) is 0 Å². The van der Waals surface area contributed by atoms with E-state index in [0.717, 1.165) is 11.5 Å². The third-order valence-corrected chi connectivity index (χ3v) is 2.91. The van der Waals surface area contributed by atoms with E-state index < -0.39 is 0 Å². The molecular weight excluding hydrogens is 247 g/mol. The molecule has 0 radical (unpaired) electrons. The van der Waals surface area contributed by atoms with Crippen LogP contribution in [0.2, 0.25) is 13.6 Å². The quantitative estimate of drug-likeness (QED) is 0.588. The summed E-state index contributed by atoms with van der Waals surface area (Å²) in [5, 5.41) is 0. The fourth-order valence-electron chi connectivity index (χ4n) is 1.78. The van der Waals surface area contributed by atoms with E-state index in [2.05, 4.69) is 25.8 Å². The van der Waals surface area contributed by atoms with Crippen LogP contribution in [0.1, 0.15) is 7.43 Å². The van der Waals surface area contributed by atoms with E-state index in [1.54, 1.807) is 0 Å². The van der Waals surface area contributed by atoms with Gasteiger partial charge in [-0.1, -0.05) is 56.9 Å². The molecule has 0 amide bonds. The summed E-state index contributed by atoms with van der Waals surface area (Å²) in [5.41, 5.74) is 1.33. The molecule has 0 saturated heterocycles. The third-order valence-electron chi connectivity index (χ3n) is 2.91. The number of para-hydroxylation sites is 1. The Morgan fingerprint density at radius 3 is 1.75 bits per heavy atom. The van der Waals surface area contributed by atoms with Crippen LogP contribution in [0.4, 0.5) is 0 Å². The molecule has 0 saturated carbocycles. The first-order valence-electron chi connectivity index (χ1n) is 6.66. The maximum absolute atomic E-state index is 5.64. The maximum atomic E-state index is 5.64. The highest BCUT2D eigenvalue weighted by molar-refractivity contribution is 6.70. The summed E-state index contributed by atoms with van der Waals surface area (Å²) >= 11 is 0. The molecule has 2 aromatic rings. The lowest BCUT2D eigenvalue weighted by molar-refractivity contribution is 0.217. The molecule has 0 bridgehead atoms. The molecule has 0 heterocycles. The Balaban J connectivity index is 0.00000200. The second-order valence-electron chi connectivity index (χ2n) is 4.73. The normalized spacial score (nSPS) is 9.50. The van der Waals surface area contributed by atoms with E-state index in [1.165, 1.54) is 5.46 Å². The molecular formula is C17H23BO2. The van der Waals surface area contributed by atoms with Gasteiger partial charge in [-0.3, -0.25) is 0 Å². The van der Waals surface area contributed by atoms with Crippen LogP contribution in [0.25, 0.3) is 0 Å². The Kier molecular flexibility index (Phi) is 6.71. The minimum atomic E-state index is 0. The zero-order valence-corrected chi connectivity index (χ0v) is 11.5. The number of ether oxygens (including phenoxy) is 2. The van der Waals surface area contributed by atoms with Gasteiger partial charge in [-0.05, 0) is 24.3 Å². The highest BCUT2D eigenvalue weighted by Gasteiger charge is 2.02. The lowest BCUT2D eigenvalue weighted by Gasteiger charge is -2.09. The van der Waals surface area contributed by atoms with Gasteiger partial charge >= 0.3 is 0 Å². The first kappa shape index (κ1) is 16.2. The van der Waals surface area contributed by atoms with Gasteiger partial charge in [-0.15, -0.1) is 0 Å². The first-order chi connectivity index (χ1) is 9.25. The van der Waals surface area contributed by atoms with Gasteiger partial charge in [0, 0.05) is 0 Å². The van der Waals surface area contributed by atoms with Crippen molar-refractivity contribution in [2.24, 2.45) is 0 Å². The summed E-state index contributed by atoms with van der Waals surface area (Å²) in [6.07, 6.45) is 0. The minimum Gasteiger partial charge on any atom is -0.490 e. The zero-order valence-electron chi connectivity index (χ0n) is 11.5. The van der Waals surface area contributed by atoms with E-state index in [1.807, 2.05) is 42.5 Å². The number of benzene rings is 2. The van der Waals surface area contributed by atoms with Gasteiger partial charge in [0.25, 0.3) is 0 Å². The lowest BCUT2D eigenvalue weighted by atomic mass is 9.49. The minimum absolute atomic E-state index is 0. The standard InChI is InChI=1S/C16H19BO2.CH4/c1-17(2)14-8-10-16(11-9-14)19-13-12-18-15-6-4-3-5-7-15;/h3-11H,12-13H2,1-2H3;1H4. The molecule has 0 aromatic heterocycles. The van der Waals surface area contributed by atoms with Crippen molar-refractivity contribution < 1.29 is 9.47 Å². The lowest BCUT2D eigenvalue weighted by Crippen LogP contribution is -2.21. The highest BCUT2D eigenvalue weighted by Crippen LogP contribution is 2.10. The summed E-state index contributed by atoms with van der Waals surface area (Å²) in [5.74, 6) is 1.77. The first-order valence-corrected chi connectivity index (χ1v) is 6.66. The molecule has 2 nitrogen and oxygen atoms in total. The Morgan fingerprint density at radius 1 is 0.750 bits per heavy atom. The van der Waals surface area contributed by atoms with Gasteiger partial charge in [-0.25, -0.2) is 0 Å². The van der Waals surface area contributed by atoms with Crippen LogP contribution in [-0.2, 0) is 0 Å². The molecule has 0 aliphatic rings. The average Bonchev–Trinajstić information content (AvgIpc) is 2.45. The molecule has 0 spiro atoms. The van der Waals surface area contributed by atoms with Gasteiger partial charge in [0.15, 0.2) is 6.71 Å². The molecule has 0 unspecified atom stereocenters. The van der Waals surface area contributed by atoms with Crippen molar-refractivity contribution in [1.82, 2.24) is 0 Å². The van der Waals surface area contributed by atoms with E-state index in [9.17, 15) is 0 Å². The van der Waals surface area contributed by atoms with Crippen LogP contribution < -0.4 is 14.9 Å². The van der Waals surface area contributed by atoms with Crippen molar-refractivity contribution in [3.63, 3.8) is 0 Å². The Bertz CT molecular complexity index is 480. The van der Waals surface area contributed by atoms with Crippen LogP contribution in [0.15, 0.2) is 54.6 Å². The Labute approximate surface area is 122 Å². The van der Waals surface area contributed by atoms with Crippen molar-refractivity contribution in [2.45, 2.75) is 21.1 Å². The van der Waals surface area contributed by atoms with Crippen LogP contribution in [0.5, 0.6) is 11.5 Å². The number of hydrogen-bond donors (Lipinski definition) is 0. The molecule has 0 aliphatic carbocycles. The fourth-order valence-corrected chi connectivity index (χ4v) is 1.78. The van der Waals surface area contributed by atoms with E-state index in [4.69, 9.17) is 9.47 Å². The third kappa shape index (κ3) is 5.00. The van der Waals surface area contributed by atoms with Crippen molar-refractivity contribution in [3.8, 4) is 11.5 Å². The molecule has 3 heteroatoms.